The second-order valence-corrected chi connectivity index (χ2v) is 6.35. The maximum absolute atomic E-state index is 12.0. The van der Waals surface area contributed by atoms with Crippen molar-refractivity contribution in [3.63, 3.8) is 0 Å². The number of carbonyl (C=O) groups excluding carboxylic acids is 1. The van der Waals surface area contributed by atoms with E-state index in [9.17, 15) is 4.79 Å². The number of furan rings is 1. The van der Waals surface area contributed by atoms with E-state index in [1.807, 2.05) is 30.5 Å². The monoisotopic (exact) mass is 355 g/mol. The minimum atomic E-state index is 0.00798. The van der Waals surface area contributed by atoms with Crippen molar-refractivity contribution in [1.29, 1.82) is 0 Å². The van der Waals surface area contributed by atoms with Gasteiger partial charge < -0.3 is 14.5 Å². The molecule has 1 saturated heterocycles. The number of fused-ring (bicyclic) bond motifs is 1. The Morgan fingerprint density at radius 2 is 2.19 bits per heavy atom. The normalized spacial score (nSPS) is 16.0. The first-order valence-electron chi connectivity index (χ1n) is 8.75. The van der Waals surface area contributed by atoms with Crippen LogP contribution >= 0.6 is 0 Å². The number of hydrogen-bond donors (Lipinski definition) is 1. The van der Waals surface area contributed by atoms with Gasteiger partial charge in [-0.25, -0.2) is 4.52 Å². The van der Waals surface area contributed by atoms with Gasteiger partial charge in [-0.2, -0.15) is 10.1 Å². The molecule has 0 aliphatic carbocycles. The molecule has 0 saturated carbocycles. The minimum Gasteiger partial charge on any atom is -0.474 e. The molecule has 1 aliphatic heterocycles. The minimum absolute atomic E-state index is 0.00798. The lowest BCUT2D eigenvalue weighted by molar-refractivity contribution is -0.123. The van der Waals surface area contributed by atoms with Gasteiger partial charge in [0, 0.05) is 31.4 Å². The Bertz CT molecular complexity index is 853. The van der Waals surface area contributed by atoms with E-state index in [0.717, 1.165) is 37.3 Å². The molecule has 0 atom stereocenters. The largest absolute Gasteiger partial charge is 0.474 e. The first-order chi connectivity index (χ1) is 12.8. The zero-order valence-corrected chi connectivity index (χ0v) is 14.4. The van der Waals surface area contributed by atoms with Gasteiger partial charge in [0.1, 0.15) is 11.9 Å². The molecule has 136 valence electrons. The van der Waals surface area contributed by atoms with Gasteiger partial charge in [-0.3, -0.25) is 9.69 Å². The highest BCUT2D eigenvalue weighted by molar-refractivity contribution is 5.77. The molecule has 0 aromatic carbocycles. The number of hydrogen-bond acceptors (Lipinski definition) is 6. The molecule has 1 N–H and O–H groups in total. The summed E-state index contributed by atoms with van der Waals surface area (Å²) in [4.78, 5) is 18.6. The lowest BCUT2D eigenvalue weighted by atomic mass is 10.1. The fourth-order valence-corrected chi connectivity index (χ4v) is 3.07. The highest BCUT2D eigenvalue weighted by Gasteiger charge is 2.22. The van der Waals surface area contributed by atoms with E-state index in [1.165, 1.54) is 0 Å². The lowest BCUT2D eigenvalue weighted by Crippen LogP contribution is -2.43. The van der Waals surface area contributed by atoms with E-state index < -0.39 is 0 Å². The number of amides is 1. The summed E-state index contributed by atoms with van der Waals surface area (Å²) in [5.74, 6) is 1.38. The molecule has 1 aliphatic rings. The van der Waals surface area contributed by atoms with E-state index in [-0.39, 0.29) is 12.0 Å². The summed E-state index contributed by atoms with van der Waals surface area (Å²) in [6.07, 6.45) is 7.02. The Labute approximate surface area is 150 Å². The van der Waals surface area contributed by atoms with Gasteiger partial charge in [-0.05, 0) is 25.0 Å². The highest BCUT2D eigenvalue weighted by Crippen LogP contribution is 2.17. The van der Waals surface area contributed by atoms with Gasteiger partial charge in [-0.15, -0.1) is 0 Å². The van der Waals surface area contributed by atoms with E-state index in [1.54, 1.807) is 17.0 Å². The summed E-state index contributed by atoms with van der Waals surface area (Å²) < 4.78 is 12.9. The van der Waals surface area contributed by atoms with Crippen molar-refractivity contribution in [2.24, 2.45) is 0 Å². The molecule has 1 amide bonds. The van der Waals surface area contributed by atoms with Gasteiger partial charge in [0.05, 0.1) is 25.5 Å². The maximum Gasteiger partial charge on any atom is 0.234 e. The Kier molecular flexibility index (Phi) is 4.83. The number of piperidine rings is 1. The van der Waals surface area contributed by atoms with Crippen molar-refractivity contribution in [3.8, 4) is 5.88 Å². The standard InChI is InChI=1S/C18H21N5O3/c24-17(19-12-15-2-1-11-25-15)13-22-8-4-14(5-9-22)26-18-6-10-23-16(21-18)3-7-20-23/h1-3,6-7,10-11,14H,4-5,8-9,12-13H2,(H,19,24). The van der Waals surface area contributed by atoms with Crippen LogP contribution in [0.2, 0.25) is 0 Å². The fraction of sp³-hybridized carbons (Fsp3) is 0.389. The van der Waals surface area contributed by atoms with E-state index in [4.69, 9.17) is 9.15 Å². The van der Waals surface area contributed by atoms with Crippen LogP contribution in [0.25, 0.3) is 5.65 Å². The Hall–Kier alpha value is -2.87. The Morgan fingerprint density at radius 3 is 3.00 bits per heavy atom. The van der Waals surface area contributed by atoms with Crippen LogP contribution in [0.4, 0.5) is 0 Å². The molecule has 0 bridgehead atoms. The third kappa shape index (κ3) is 4.02. The van der Waals surface area contributed by atoms with E-state index >= 15 is 0 Å². The number of ether oxygens (including phenoxy) is 1. The van der Waals surface area contributed by atoms with Gasteiger partial charge in [0.25, 0.3) is 0 Å². The predicted octanol–water partition coefficient (Wildman–Crippen LogP) is 1.48. The van der Waals surface area contributed by atoms with Crippen LogP contribution in [-0.4, -0.2) is 51.1 Å². The smallest absolute Gasteiger partial charge is 0.234 e. The van der Waals surface area contributed by atoms with Crippen molar-refractivity contribution in [2.75, 3.05) is 19.6 Å². The topological polar surface area (TPSA) is 84.9 Å². The molecule has 26 heavy (non-hydrogen) atoms. The van der Waals surface area contributed by atoms with Gasteiger partial charge >= 0.3 is 0 Å². The molecule has 0 unspecified atom stereocenters. The van der Waals surface area contributed by atoms with Gasteiger partial charge in [0.15, 0.2) is 5.65 Å². The molecule has 0 spiro atoms. The SMILES string of the molecule is O=C(CN1CCC(Oc2ccn3nccc3n2)CC1)NCc1ccco1. The van der Waals surface area contributed by atoms with Crippen LogP contribution in [0.15, 0.2) is 47.3 Å². The van der Waals surface area contributed by atoms with Crippen molar-refractivity contribution in [1.82, 2.24) is 24.8 Å². The number of nitrogens with zero attached hydrogens (tertiary/aromatic N) is 4. The number of carbonyl (C=O) groups is 1. The summed E-state index contributed by atoms with van der Waals surface area (Å²) in [5.41, 5.74) is 0.771. The summed E-state index contributed by atoms with van der Waals surface area (Å²) in [6.45, 7) is 2.48. The van der Waals surface area contributed by atoms with Crippen LogP contribution < -0.4 is 10.1 Å². The molecule has 8 nitrogen and oxygen atoms in total. The third-order valence-electron chi connectivity index (χ3n) is 4.46. The first-order valence-corrected chi connectivity index (χ1v) is 8.75. The molecular weight excluding hydrogens is 334 g/mol. The summed E-state index contributed by atoms with van der Waals surface area (Å²) >= 11 is 0. The quantitative estimate of drug-likeness (QED) is 0.721. The Morgan fingerprint density at radius 1 is 1.31 bits per heavy atom. The maximum atomic E-state index is 12.0. The van der Waals surface area contributed by atoms with Crippen molar-refractivity contribution in [2.45, 2.75) is 25.5 Å². The third-order valence-corrected chi connectivity index (χ3v) is 4.46. The molecule has 0 radical (unpaired) electrons. The fourth-order valence-electron chi connectivity index (χ4n) is 3.07. The first kappa shape index (κ1) is 16.6. The number of nitrogens with one attached hydrogen (secondary N) is 1. The van der Waals surface area contributed by atoms with Gasteiger partial charge in [0.2, 0.25) is 11.8 Å². The molecule has 4 heterocycles. The van der Waals surface area contributed by atoms with Crippen LogP contribution in [0.1, 0.15) is 18.6 Å². The molecule has 8 heteroatoms. The molecule has 3 aromatic rings. The Balaban J connectivity index is 1.21. The zero-order chi connectivity index (χ0) is 17.8. The molecule has 4 rings (SSSR count). The molecule has 1 fully saturated rings. The number of aromatic nitrogens is 3. The van der Waals surface area contributed by atoms with Crippen LogP contribution in [-0.2, 0) is 11.3 Å². The highest BCUT2D eigenvalue weighted by atomic mass is 16.5. The van der Waals surface area contributed by atoms with Crippen LogP contribution in [0, 0.1) is 0 Å². The molecule has 3 aromatic heterocycles. The summed E-state index contributed by atoms with van der Waals surface area (Å²) in [6, 6.07) is 7.33. The van der Waals surface area contributed by atoms with E-state index in [2.05, 4.69) is 20.3 Å². The predicted molar refractivity (Wildman–Crippen MR) is 93.6 cm³/mol. The van der Waals surface area contributed by atoms with Crippen molar-refractivity contribution < 1.29 is 13.9 Å². The average molecular weight is 355 g/mol. The van der Waals surface area contributed by atoms with Crippen molar-refractivity contribution in [3.05, 3.63) is 48.7 Å². The summed E-state index contributed by atoms with van der Waals surface area (Å²) in [5, 5.41) is 7.00. The number of likely N-dealkylation sites (tertiary alicyclic amines) is 1. The number of rotatable bonds is 6. The summed E-state index contributed by atoms with van der Waals surface area (Å²) in [7, 11) is 0. The van der Waals surface area contributed by atoms with Crippen molar-refractivity contribution >= 4 is 11.6 Å². The van der Waals surface area contributed by atoms with Crippen LogP contribution in [0.3, 0.4) is 0 Å². The van der Waals surface area contributed by atoms with Crippen LogP contribution in [0.5, 0.6) is 5.88 Å². The van der Waals surface area contributed by atoms with E-state index in [0.29, 0.717) is 19.0 Å². The second kappa shape index (κ2) is 7.57. The zero-order valence-electron chi connectivity index (χ0n) is 14.4. The lowest BCUT2D eigenvalue weighted by Gasteiger charge is -2.31. The second-order valence-electron chi connectivity index (χ2n) is 6.35. The van der Waals surface area contributed by atoms with Gasteiger partial charge in [-0.1, -0.05) is 0 Å². The molecular formula is C18H21N5O3. The average Bonchev–Trinajstić information content (AvgIpc) is 3.33.